The molecule has 0 aromatic heterocycles. The third-order valence-corrected chi connectivity index (χ3v) is 1.40. The summed E-state index contributed by atoms with van der Waals surface area (Å²) < 4.78 is 0. The van der Waals surface area contributed by atoms with Gasteiger partial charge in [-0.1, -0.05) is 56.8 Å². The minimum Gasteiger partial charge on any atom is -0.396 e. The van der Waals surface area contributed by atoms with Crippen molar-refractivity contribution in [2.24, 2.45) is 5.92 Å². The number of aliphatic hydroxyl groups excluding tert-OH is 1. The number of rotatable bonds is 2. The van der Waals surface area contributed by atoms with Crippen molar-refractivity contribution in [1.29, 1.82) is 0 Å². The predicted molar refractivity (Wildman–Crippen MR) is 58.5 cm³/mol. The van der Waals surface area contributed by atoms with E-state index >= 15 is 0 Å². The highest BCUT2D eigenvalue weighted by Gasteiger charge is 1.81. The molecule has 0 saturated carbocycles. The predicted octanol–water partition coefficient (Wildman–Crippen LogP) is 2.96. The first-order valence-corrected chi connectivity index (χ1v) is 4.49. The fraction of sp³-hybridized carbons (Fsp3) is 0.333. The highest BCUT2D eigenvalue weighted by atomic mass is 16.3. The Labute approximate surface area is 80.7 Å². The minimum absolute atomic E-state index is 0.306. The molecule has 0 aliphatic heterocycles. The molecule has 0 radical (unpaired) electrons. The Morgan fingerprint density at radius 3 is 2.00 bits per heavy atom. The van der Waals surface area contributed by atoms with E-state index in [0.717, 1.165) is 0 Å². The molecule has 1 nitrogen and oxygen atoms in total. The van der Waals surface area contributed by atoms with Crippen LogP contribution < -0.4 is 0 Å². The van der Waals surface area contributed by atoms with Crippen molar-refractivity contribution in [1.82, 2.24) is 0 Å². The van der Waals surface area contributed by atoms with Gasteiger partial charge in [-0.25, -0.2) is 0 Å². The van der Waals surface area contributed by atoms with E-state index < -0.39 is 0 Å². The van der Waals surface area contributed by atoms with E-state index in [1.165, 1.54) is 5.56 Å². The van der Waals surface area contributed by atoms with Gasteiger partial charge in [-0.3, -0.25) is 0 Å². The molecule has 0 unspecified atom stereocenters. The quantitative estimate of drug-likeness (QED) is 0.738. The number of hydrogen-bond donors (Lipinski definition) is 1. The second kappa shape index (κ2) is 7.56. The van der Waals surface area contributed by atoms with Crippen molar-refractivity contribution < 1.29 is 5.11 Å². The first-order chi connectivity index (χ1) is 6.20. The Morgan fingerprint density at radius 2 is 1.77 bits per heavy atom. The normalized spacial score (nSPS) is 8.92. The Morgan fingerprint density at radius 1 is 1.31 bits per heavy atom. The van der Waals surface area contributed by atoms with Crippen molar-refractivity contribution in [3.05, 3.63) is 42.5 Å². The Hall–Kier alpha value is -1.08. The first-order valence-electron chi connectivity index (χ1n) is 4.49. The van der Waals surface area contributed by atoms with Crippen molar-refractivity contribution in [3.8, 4) is 0 Å². The summed E-state index contributed by atoms with van der Waals surface area (Å²) in [7, 11) is 0. The van der Waals surface area contributed by atoms with Crippen molar-refractivity contribution in [2.45, 2.75) is 13.8 Å². The zero-order valence-corrected chi connectivity index (χ0v) is 8.40. The minimum atomic E-state index is 0.306. The monoisotopic (exact) mass is 178 g/mol. The van der Waals surface area contributed by atoms with Crippen LogP contribution in [0.25, 0.3) is 6.08 Å². The van der Waals surface area contributed by atoms with Gasteiger partial charge in [0.1, 0.15) is 0 Å². The van der Waals surface area contributed by atoms with Gasteiger partial charge in [0, 0.05) is 6.61 Å². The SMILES string of the molecule is C=Cc1ccccc1.CC(C)CO. The molecule has 1 rings (SSSR count). The lowest BCUT2D eigenvalue weighted by Crippen LogP contribution is -1.90. The zero-order chi connectivity index (χ0) is 10.1. The van der Waals surface area contributed by atoms with E-state index in [0.29, 0.717) is 12.5 Å². The van der Waals surface area contributed by atoms with Crippen LogP contribution in [-0.4, -0.2) is 11.7 Å². The molecular weight excluding hydrogens is 160 g/mol. The van der Waals surface area contributed by atoms with Crippen molar-refractivity contribution in [3.63, 3.8) is 0 Å². The van der Waals surface area contributed by atoms with Crippen LogP contribution in [0.4, 0.5) is 0 Å². The molecule has 1 aromatic rings. The molecule has 0 fully saturated rings. The molecular formula is C12H18O. The molecule has 0 aliphatic carbocycles. The van der Waals surface area contributed by atoms with Crippen LogP contribution in [0.3, 0.4) is 0 Å². The van der Waals surface area contributed by atoms with E-state index in [-0.39, 0.29) is 0 Å². The number of benzene rings is 1. The van der Waals surface area contributed by atoms with Crippen molar-refractivity contribution in [2.75, 3.05) is 6.61 Å². The van der Waals surface area contributed by atoms with Gasteiger partial charge in [-0.05, 0) is 11.5 Å². The summed E-state index contributed by atoms with van der Waals surface area (Å²) in [5, 5.41) is 8.14. The molecule has 0 aliphatic rings. The molecule has 0 spiro atoms. The van der Waals surface area contributed by atoms with Crippen LogP contribution in [0.15, 0.2) is 36.9 Å². The molecule has 0 bridgehead atoms. The standard InChI is InChI=1S/C8H8.C4H10O/c1-2-8-6-4-3-5-7-8;1-4(2)3-5/h2-7H,1H2;4-5H,3H2,1-2H3. The summed E-state index contributed by atoms with van der Waals surface area (Å²) in [4.78, 5) is 0. The summed E-state index contributed by atoms with van der Waals surface area (Å²) in [5.41, 5.74) is 1.17. The average Bonchev–Trinajstić information content (AvgIpc) is 2.20. The maximum atomic E-state index is 8.14. The van der Waals surface area contributed by atoms with E-state index in [1.807, 2.05) is 50.3 Å². The second-order valence-electron chi connectivity index (χ2n) is 3.19. The smallest absolute Gasteiger partial charge is 0.0453 e. The van der Waals surface area contributed by atoms with E-state index in [2.05, 4.69) is 6.58 Å². The van der Waals surface area contributed by atoms with Crippen LogP contribution in [0.2, 0.25) is 0 Å². The molecule has 0 amide bonds. The van der Waals surface area contributed by atoms with Crippen LogP contribution >= 0.6 is 0 Å². The lowest BCUT2D eigenvalue weighted by atomic mass is 10.2. The molecule has 0 heterocycles. The summed E-state index contributed by atoms with van der Waals surface area (Å²) in [6.45, 7) is 7.88. The lowest BCUT2D eigenvalue weighted by molar-refractivity contribution is 0.248. The molecule has 1 N–H and O–H groups in total. The Kier molecular flexibility index (Phi) is 6.93. The zero-order valence-electron chi connectivity index (χ0n) is 8.40. The summed E-state index contributed by atoms with van der Waals surface area (Å²) in [6, 6.07) is 10.0. The fourth-order valence-corrected chi connectivity index (χ4v) is 0.589. The van der Waals surface area contributed by atoms with Gasteiger partial charge < -0.3 is 5.11 Å². The third kappa shape index (κ3) is 7.29. The molecule has 0 atom stereocenters. The van der Waals surface area contributed by atoms with E-state index in [1.54, 1.807) is 0 Å². The number of hydrogen-bond acceptors (Lipinski definition) is 1. The average molecular weight is 178 g/mol. The van der Waals surface area contributed by atoms with Crippen LogP contribution in [0, 0.1) is 5.92 Å². The van der Waals surface area contributed by atoms with Gasteiger partial charge in [-0.2, -0.15) is 0 Å². The third-order valence-electron chi connectivity index (χ3n) is 1.40. The molecule has 1 heteroatoms. The van der Waals surface area contributed by atoms with Gasteiger partial charge in [0.15, 0.2) is 0 Å². The van der Waals surface area contributed by atoms with Crippen LogP contribution in [0.1, 0.15) is 19.4 Å². The van der Waals surface area contributed by atoms with Gasteiger partial charge >= 0.3 is 0 Å². The highest BCUT2D eigenvalue weighted by Crippen LogP contribution is 1.97. The Balaban J connectivity index is 0.000000252. The highest BCUT2D eigenvalue weighted by molar-refractivity contribution is 5.45. The maximum absolute atomic E-state index is 8.14. The maximum Gasteiger partial charge on any atom is 0.0453 e. The van der Waals surface area contributed by atoms with Gasteiger partial charge in [0.05, 0.1) is 0 Å². The van der Waals surface area contributed by atoms with Crippen molar-refractivity contribution >= 4 is 6.08 Å². The van der Waals surface area contributed by atoms with E-state index in [9.17, 15) is 0 Å². The van der Waals surface area contributed by atoms with Gasteiger partial charge in [-0.15, -0.1) is 0 Å². The van der Waals surface area contributed by atoms with Crippen LogP contribution in [0.5, 0.6) is 0 Å². The molecule has 0 saturated heterocycles. The fourth-order valence-electron chi connectivity index (χ4n) is 0.589. The molecule has 72 valence electrons. The largest absolute Gasteiger partial charge is 0.396 e. The van der Waals surface area contributed by atoms with E-state index in [4.69, 9.17) is 5.11 Å². The van der Waals surface area contributed by atoms with Crippen LogP contribution in [-0.2, 0) is 0 Å². The summed E-state index contributed by atoms with van der Waals surface area (Å²) >= 11 is 0. The second-order valence-corrected chi connectivity index (χ2v) is 3.19. The number of aliphatic hydroxyl groups is 1. The Bertz CT molecular complexity index is 214. The lowest BCUT2D eigenvalue weighted by Gasteiger charge is -1.90. The van der Waals surface area contributed by atoms with Gasteiger partial charge in [0.2, 0.25) is 0 Å². The summed E-state index contributed by atoms with van der Waals surface area (Å²) in [5.74, 6) is 0.440. The van der Waals surface area contributed by atoms with Gasteiger partial charge in [0.25, 0.3) is 0 Å². The topological polar surface area (TPSA) is 20.2 Å². The first kappa shape index (κ1) is 11.9. The molecule has 13 heavy (non-hydrogen) atoms. The summed E-state index contributed by atoms with van der Waals surface area (Å²) in [6.07, 6.45) is 1.83. The molecule has 1 aromatic carbocycles.